The summed E-state index contributed by atoms with van der Waals surface area (Å²) in [6, 6.07) is 23.4. The number of fused-ring (bicyclic) bond motifs is 1. The van der Waals surface area contributed by atoms with Gasteiger partial charge in [-0.15, -0.1) is 5.10 Å². The number of benzene rings is 2. The first-order chi connectivity index (χ1) is 13.4. The van der Waals surface area contributed by atoms with Crippen molar-refractivity contribution in [2.75, 3.05) is 0 Å². The predicted molar refractivity (Wildman–Crippen MR) is 102 cm³/mol. The van der Waals surface area contributed by atoms with Gasteiger partial charge >= 0.3 is 0 Å². The Hall–Kier alpha value is -3.93. The second-order valence-corrected chi connectivity index (χ2v) is 5.98. The molecule has 0 atom stereocenters. The van der Waals surface area contributed by atoms with E-state index in [1.807, 2.05) is 89.8 Å². The summed E-state index contributed by atoms with van der Waals surface area (Å²) in [6.07, 6.45) is 5.56. The monoisotopic (exact) mass is 353 g/mol. The third-order valence-electron chi connectivity index (χ3n) is 4.19. The Labute approximate surface area is 155 Å². The Morgan fingerprint density at radius 1 is 0.741 bits per heavy atom. The maximum Gasteiger partial charge on any atom is 0.255 e. The molecule has 5 rings (SSSR count). The molecule has 0 saturated heterocycles. The lowest BCUT2D eigenvalue weighted by Crippen LogP contribution is -1.97. The summed E-state index contributed by atoms with van der Waals surface area (Å²) in [5, 5.41) is 4.60. The highest BCUT2D eigenvalue weighted by atomic mass is 16.5. The molecule has 3 aromatic heterocycles. The number of aromatic nitrogens is 5. The molecule has 6 heteroatoms. The summed E-state index contributed by atoms with van der Waals surface area (Å²) in [5.74, 6) is 2.73. The van der Waals surface area contributed by atoms with Gasteiger partial charge in [0.25, 0.3) is 11.7 Å². The third-order valence-corrected chi connectivity index (χ3v) is 4.19. The first-order valence-corrected chi connectivity index (χ1v) is 8.55. The minimum atomic E-state index is 0.556. The van der Waals surface area contributed by atoms with Gasteiger partial charge in [0.1, 0.15) is 11.5 Å². The Morgan fingerprint density at radius 3 is 2.26 bits per heavy atom. The lowest BCUT2D eigenvalue weighted by molar-refractivity contribution is 0.483. The molecular formula is C21H15N5O. The van der Waals surface area contributed by atoms with Crippen LogP contribution in [0.2, 0.25) is 0 Å². The molecule has 130 valence electrons. The third kappa shape index (κ3) is 2.93. The molecule has 6 nitrogen and oxygen atoms in total. The molecule has 3 heterocycles. The molecule has 0 unspecified atom stereocenters. The van der Waals surface area contributed by atoms with Gasteiger partial charge < -0.3 is 4.74 Å². The van der Waals surface area contributed by atoms with E-state index < -0.39 is 0 Å². The average molecular weight is 353 g/mol. The quantitative estimate of drug-likeness (QED) is 0.481. The molecule has 2 aromatic carbocycles. The van der Waals surface area contributed by atoms with Gasteiger partial charge in [-0.25, -0.2) is 4.98 Å². The zero-order valence-corrected chi connectivity index (χ0v) is 14.3. The first kappa shape index (κ1) is 15.3. The molecule has 0 aliphatic carbocycles. The van der Waals surface area contributed by atoms with E-state index in [0.29, 0.717) is 11.7 Å². The minimum Gasteiger partial charge on any atom is -0.457 e. The van der Waals surface area contributed by atoms with Crippen molar-refractivity contribution in [3.8, 4) is 28.7 Å². The highest BCUT2D eigenvalue weighted by Gasteiger charge is 2.11. The number of hydrogen-bond donors (Lipinski definition) is 0. The Kier molecular flexibility index (Phi) is 3.65. The van der Waals surface area contributed by atoms with Crippen molar-refractivity contribution in [1.82, 2.24) is 24.1 Å². The summed E-state index contributed by atoms with van der Waals surface area (Å²) >= 11 is 0. The summed E-state index contributed by atoms with van der Waals surface area (Å²) in [5.41, 5.74) is 1.92. The van der Waals surface area contributed by atoms with E-state index in [1.165, 1.54) is 0 Å². The highest BCUT2D eigenvalue weighted by molar-refractivity contribution is 5.62. The fourth-order valence-corrected chi connectivity index (χ4v) is 2.90. The zero-order valence-electron chi connectivity index (χ0n) is 14.3. The van der Waals surface area contributed by atoms with Gasteiger partial charge in [-0.05, 0) is 54.6 Å². The van der Waals surface area contributed by atoms with E-state index in [2.05, 4.69) is 15.1 Å². The molecule has 0 spiro atoms. The van der Waals surface area contributed by atoms with Gasteiger partial charge in [-0.3, -0.25) is 4.57 Å². The van der Waals surface area contributed by atoms with Crippen molar-refractivity contribution in [2.24, 2.45) is 0 Å². The standard InChI is InChI=1S/C21H15N5O/c1-2-6-17(7-3-1)27-18-10-8-16(9-11-18)19-12-13-22-20-23-21(24-26(19)20)25-14-4-5-15-25/h1-15H. The molecular weight excluding hydrogens is 338 g/mol. The molecule has 0 N–H and O–H groups in total. The minimum absolute atomic E-state index is 0.556. The molecule has 0 radical (unpaired) electrons. The van der Waals surface area contributed by atoms with Crippen molar-refractivity contribution in [3.05, 3.63) is 91.4 Å². The Balaban J connectivity index is 1.50. The Bertz CT molecular complexity index is 1180. The predicted octanol–water partition coefficient (Wildman–Crippen LogP) is 4.37. The van der Waals surface area contributed by atoms with E-state index in [0.717, 1.165) is 22.8 Å². The van der Waals surface area contributed by atoms with Crippen LogP contribution in [-0.4, -0.2) is 24.1 Å². The summed E-state index contributed by atoms with van der Waals surface area (Å²) in [4.78, 5) is 8.82. The molecule has 0 fully saturated rings. The summed E-state index contributed by atoms with van der Waals surface area (Å²) in [6.45, 7) is 0. The van der Waals surface area contributed by atoms with Crippen molar-refractivity contribution in [1.29, 1.82) is 0 Å². The molecule has 0 aliphatic heterocycles. The van der Waals surface area contributed by atoms with Crippen LogP contribution in [0.3, 0.4) is 0 Å². The summed E-state index contributed by atoms with van der Waals surface area (Å²) < 4.78 is 9.47. The smallest absolute Gasteiger partial charge is 0.255 e. The molecule has 0 saturated carbocycles. The first-order valence-electron chi connectivity index (χ1n) is 8.55. The van der Waals surface area contributed by atoms with Crippen LogP contribution in [0, 0.1) is 0 Å². The lowest BCUT2D eigenvalue weighted by Gasteiger charge is -2.07. The fraction of sp³-hybridized carbons (Fsp3) is 0. The van der Waals surface area contributed by atoms with Gasteiger partial charge in [0, 0.05) is 24.2 Å². The van der Waals surface area contributed by atoms with Crippen molar-refractivity contribution in [2.45, 2.75) is 0 Å². The number of hydrogen-bond acceptors (Lipinski definition) is 4. The molecule has 5 aromatic rings. The van der Waals surface area contributed by atoms with Crippen LogP contribution in [-0.2, 0) is 0 Å². The number of ether oxygens (including phenoxy) is 1. The average Bonchev–Trinajstić information content (AvgIpc) is 3.39. The van der Waals surface area contributed by atoms with Crippen LogP contribution in [0.15, 0.2) is 91.4 Å². The number of rotatable bonds is 4. The fourth-order valence-electron chi connectivity index (χ4n) is 2.90. The van der Waals surface area contributed by atoms with Gasteiger partial charge in [0.2, 0.25) is 0 Å². The van der Waals surface area contributed by atoms with Gasteiger partial charge in [0.15, 0.2) is 0 Å². The van der Waals surface area contributed by atoms with Gasteiger partial charge in [-0.1, -0.05) is 18.2 Å². The maximum absolute atomic E-state index is 5.86. The molecule has 0 aliphatic rings. The van der Waals surface area contributed by atoms with E-state index in [-0.39, 0.29) is 0 Å². The topological polar surface area (TPSA) is 57.2 Å². The van der Waals surface area contributed by atoms with E-state index in [4.69, 9.17) is 4.74 Å². The van der Waals surface area contributed by atoms with Crippen LogP contribution in [0.4, 0.5) is 0 Å². The van der Waals surface area contributed by atoms with E-state index >= 15 is 0 Å². The molecule has 0 bridgehead atoms. The largest absolute Gasteiger partial charge is 0.457 e. The van der Waals surface area contributed by atoms with Crippen molar-refractivity contribution in [3.63, 3.8) is 0 Å². The molecule has 27 heavy (non-hydrogen) atoms. The number of para-hydroxylation sites is 1. The SMILES string of the molecule is c1ccc(Oc2ccc(-c3ccnc4nc(-n5cccc5)nn34)cc2)cc1. The van der Waals surface area contributed by atoms with Crippen LogP contribution < -0.4 is 4.74 Å². The van der Waals surface area contributed by atoms with E-state index in [1.54, 1.807) is 10.7 Å². The van der Waals surface area contributed by atoms with Gasteiger partial charge in [0.05, 0.1) is 5.69 Å². The maximum atomic E-state index is 5.86. The number of nitrogens with zero attached hydrogens (tertiary/aromatic N) is 5. The summed E-state index contributed by atoms with van der Waals surface area (Å²) in [7, 11) is 0. The van der Waals surface area contributed by atoms with E-state index in [9.17, 15) is 0 Å². The lowest BCUT2D eigenvalue weighted by atomic mass is 10.1. The zero-order chi connectivity index (χ0) is 18.1. The van der Waals surface area contributed by atoms with Crippen LogP contribution in [0.1, 0.15) is 0 Å². The van der Waals surface area contributed by atoms with Crippen LogP contribution in [0.25, 0.3) is 23.0 Å². The Morgan fingerprint density at radius 2 is 1.48 bits per heavy atom. The van der Waals surface area contributed by atoms with Crippen molar-refractivity contribution < 1.29 is 4.74 Å². The van der Waals surface area contributed by atoms with Crippen LogP contribution in [0.5, 0.6) is 11.5 Å². The highest BCUT2D eigenvalue weighted by Crippen LogP contribution is 2.25. The van der Waals surface area contributed by atoms with Gasteiger partial charge in [-0.2, -0.15) is 9.50 Å². The molecule has 0 amide bonds. The van der Waals surface area contributed by atoms with Crippen molar-refractivity contribution >= 4 is 5.78 Å². The van der Waals surface area contributed by atoms with Crippen LogP contribution >= 0.6 is 0 Å². The normalized spacial score (nSPS) is 11.0. The second-order valence-electron chi connectivity index (χ2n) is 5.98. The second kappa shape index (κ2) is 6.42.